The number of hydrogen-bond acceptors (Lipinski definition) is 5. The summed E-state index contributed by atoms with van der Waals surface area (Å²) >= 11 is 0. The summed E-state index contributed by atoms with van der Waals surface area (Å²) in [6.07, 6.45) is 1.78. The molecule has 0 aliphatic rings. The van der Waals surface area contributed by atoms with Crippen LogP contribution < -0.4 is 0 Å². The maximum absolute atomic E-state index is 12.2. The third kappa shape index (κ3) is 4.26. The smallest absolute Gasteiger partial charge is 0.381 e. The van der Waals surface area contributed by atoms with Crippen molar-refractivity contribution in [1.29, 1.82) is 0 Å². The summed E-state index contributed by atoms with van der Waals surface area (Å²) < 4.78 is 1.34. The minimum atomic E-state index is -1.10. The number of amides is 1. The van der Waals surface area contributed by atoms with Crippen LogP contribution >= 0.6 is 0 Å². The minimum absolute atomic E-state index is 0.176. The molecule has 0 saturated heterocycles. The summed E-state index contributed by atoms with van der Waals surface area (Å²) in [5.74, 6) is -1.53. The summed E-state index contributed by atoms with van der Waals surface area (Å²) in [6, 6.07) is -0.229. The zero-order chi connectivity index (χ0) is 16.2. The molecule has 9 heteroatoms. The Morgan fingerprint density at radius 1 is 1.57 bits per heavy atom. The Hall–Kier alpha value is -2.45. The van der Waals surface area contributed by atoms with E-state index in [2.05, 4.69) is 4.98 Å². The fraction of sp³-hybridized carbons (Fsp3) is 0.583. The molecule has 1 N–H and O–H groups in total. The zero-order valence-electron chi connectivity index (χ0n) is 12.1. The molecule has 0 fully saturated rings. The van der Waals surface area contributed by atoms with Gasteiger partial charge in [0.15, 0.2) is 0 Å². The number of carboxylic acids is 1. The SMILES string of the molecule is CCC(C)N(CC(=O)O)C(=O)Cn1cc([N+](=O)[O-])nc1C. The van der Waals surface area contributed by atoms with Gasteiger partial charge < -0.3 is 20.1 Å². The second-order valence-corrected chi connectivity index (χ2v) is 4.70. The van der Waals surface area contributed by atoms with Gasteiger partial charge >= 0.3 is 11.8 Å². The first-order valence-electron chi connectivity index (χ1n) is 6.45. The standard InChI is InChI=1S/C12H18N4O5/c1-4-8(2)15(7-12(18)19)11(17)6-14-5-10(16(20)21)13-9(14)3/h5,8H,4,6-7H2,1-3H3,(H,18,19). The highest BCUT2D eigenvalue weighted by Gasteiger charge is 2.24. The van der Waals surface area contributed by atoms with Gasteiger partial charge in [-0.05, 0) is 23.3 Å². The Kier molecular flexibility index (Phi) is 5.39. The van der Waals surface area contributed by atoms with E-state index in [0.29, 0.717) is 12.2 Å². The van der Waals surface area contributed by atoms with Crippen molar-refractivity contribution in [2.75, 3.05) is 6.54 Å². The van der Waals surface area contributed by atoms with E-state index in [1.54, 1.807) is 13.8 Å². The van der Waals surface area contributed by atoms with Crippen molar-refractivity contribution in [2.24, 2.45) is 0 Å². The highest BCUT2D eigenvalue weighted by Crippen LogP contribution is 2.12. The lowest BCUT2D eigenvalue weighted by Gasteiger charge is -2.27. The number of rotatable bonds is 7. The van der Waals surface area contributed by atoms with Gasteiger partial charge in [0.05, 0.1) is 0 Å². The van der Waals surface area contributed by atoms with Crippen molar-refractivity contribution >= 4 is 17.7 Å². The van der Waals surface area contributed by atoms with Gasteiger partial charge in [0.1, 0.15) is 19.3 Å². The van der Waals surface area contributed by atoms with Crippen LogP contribution in [0.2, 0.25) is 0 Å². The van der Waals surface area contributed by atoms with Gasteiger partial charge in [-0.2, -0.15) is 0 Å². The van der Waals surface area contributed by atoms with E-state index >= 15 is 0 Å². The van der Waals surface area contributed by atoms with Crippen LogP contribution in [0.4, 0.5) is 5.82 Å². The van der Waals surface area contributed by atoms with E-state index in [4.69, 9.17) is 5.11 Å². The van der Waals surface area contributed by atoms with Gasteiger partial charge in [-0.3, -0.25) is 14.2 Å². The lowest BCUT2D eigenvalue weighted by molar-refractivity contribution is -0.389. The van der Waals surface area contributed by atoms with Gasteiger partial charge in [-0.1, -0.05) is 6.92 Å². The zero-order valence-corrected chi connectivity index (χ0v) is 12.1. The summed E-state index contributed by atoms with van der Waals surface area (Å²) in [7, 11) is 0. The Balaban J connectivity index is 2.90. The molecule has 1 aromatic rings. The lowest BCUT2D eigenvalue weighted by atomic mass is 10.2. The van der Waals surface area contributed by atoms with Gasteiger partial charge in [0.2, 0.25) is 11.7 Å². The summed E-state index contributed by atoms with van der Waals surface area (Å²) in [5, 5.41) is 19.5. The molecule has 9 nitrogen and oxygen atoms in total. The monoisotopic (exact) mass is 298 g/mol. The van der Waals surface area contributed by atoms with E-state index in [0.717, 1.165) is 0 Å². The number of hydrogen-bond donors (Lipinski definition) is 1. The number of carbonyl (C=O) groups excluding carboxylic acids is 1. The molecular weight excluding hydrogens is 280 g/mol. The number of aliphatic carboxylic acids is 1. The quantitative estimate of drug-likeness (QED) is 0.587. The van der Waals surface area contributed by atoms with Crippen LogP contribution in [0.3, 0.4) is 0 Å². The highest BCUT2D eigenvalue weighted by atomic mass is 16.6. The maximum atomic E-state index is 12.2. The second kappa shape index (κ2) is 6.82. The Morgan fingerprint density at radius 3 is 2.62 bits per heavy atom. The molecule has 1 atom stereocenters. The number of nitrogens with zero attached hydrogens (tertiary/aromatic N) is 4. The first-order chi connectivity index (χ1) is 9.76. The number of carboxylic acid groups (broad SMARTS) is 1. The van der Waals surface area contributed by atoms with Crippen LogP contribution in [0.15, 0.2) is 6.20 Å². The molecule has 1 heterocycles. The van der Waals surface area contributed by atoms with Gasteiger partial charge in [0, 0.05) is 13.0 Å². The van der Waals surface area contributed by atoms with Crippen LogP contribution in [0.1, 0.15) is 26.1 Å². The summed E-state index contributed by atoms with van der Waals surface area (Å²) in [6.45, 7) is 4.57. The molecule has 1 rings (SSSR count). The van der Waals surface area contributed by atoms with Crippen LogP contribution in [-0.2, 0) is 16.1 Å². The van der Waals surface area contributed by atoms with Gasteiger partial charge in [-0.25, -0.2) is 0 Å². The largest absolute Gasteiger partial charge is 0.480 e. The third-order valence-electron chi connectivity index (χ3n) is 3.20. The van der Waals surface area contributed by atoms with Crippen molar-refractivity contribution < 1.29 is 19.6 Å². The predicted octanol–water partition coefficient (Wildman–Crippen LogP) is 0.811. The van der Waals surface area contributed by atoms with Crippen molar-refractivity contribution in [3.63, 3.8) is 0 Å². The average molecular weight is 298 g/mol. The molecule has 0 radical (unpaired) electrons. The molecule has 0 aliphatic heterocycles. The molecule has 0 spiro atoms. The van der Waals surface area contributed by atoms with Crippen molar-refractivity contribution in [3.05, 3.63) is 22.1 Å². The Morgan fingerprint density at radius 2 is 2.19 bits per heavy atom. The van der Waals surface area contributed by atoms with Crippen LogP contribution in [0, 0.1) is 17.0 Å². The van der Waals surface area contributed by atoms with Gasteiger partial charge in [-0.15, -0.1) is 0 Å². The lowest BCUT2D eigenvalue weighted by Crippen LogP contribution is -2.43. The number of nitro groups is 1. The molecule has 0 saturated carbocycles. The molecule has 0 aromatic carbocycles. The number of aromatic nitrogens is 2. The van der Waals surface area contributed by atoms with Crippen molar-refractivity contribution in [2.45, 2.75) is 39.8 Å². The maximum Gasteiger partial charge on any atom is 0.381 e. The van der Waals surface area contributed by atoms with E-state index in [-0.39, 0.29) is 18.4 Å². The van der Waals surface area contributed by atoms with E-state index < -0.39 is 23.3 Å². The summed E-state index contributed by atoms with van der Waals surface area (Å²) in [5.41, 5.74) is 0. The fourth-order valence-electron chi connectivity index (χ4n) is 1.83. The molecule has 1 unspecified atom stereocenters. The third-order valence-corrected chi connectivity index (χ3v) is 3.20. The van der Waals surface area contributed by atoms with E-state index in [1.165, 1.54) is 15.7 Å². The molecule has 21 heavy (non-hydrogen) atoms. The van der Waals surface area contributed by atoms with Gasteiger partial charge in [0.25, 0.3) is 0 Å². The number of aryl methyl sites for hydroxylation is 1. The molecule has 116 valence electrons. The molecule has 1 aromatic heterocycles. The van der Waals surface area contributed by atoms with Crippen LogP contribution in [0.25, 0.3) is 0 Å². The predicted molar refractivity (Wildman–Crippen MR) is 72.7 cm³/mol. The highest BCUT2D eigenvalue weighted by molar-refractivity contribution is 5.81. The number of imidazole rings is 1. The van der Waals surface area contributed by atoms with E-state index in [1.807, 2.05) is 6.92 Å². The normalized spacial score (nSPS) is 12.0. The van der Waals surface area contributed by atoms with Crippen molar-refractivity contribution in [3.8, 4) is 0 Å². The number of carbonyl (C=O) groups is 2. The first kappa shape index (κ1) is 16.6. The topological polar surface area (TPSA) is 119 Å². The second-order valence-electron chi connectivity index (χ2n) is 4.70. The Labute approximate surface area is 121 Å². The van der Waals surface area contributed by atoms with Crippen LogP contribution in [-0.4, -0.2) is 48.9 Å². The summed E-state index contributed by atoms with van der Waals surface area (Å²) in [4.78, 5) is 38.0. The molecule has 1 amide bonds. The minimum Gasteiger partial charge on any atom is -0.480 e. The Bertz CT molecular complexity index is 554. The first-order valence-corrected chi connectivity index (χ1v) is 6.45. The molecule has 0 bridgehead atoms. The molecular formula is C12H18N4O5. The molecule has 0 aliphatic carbocycles. The fourth-order valence-corrected chi connectivity index (χ4v) is 1.83. The van der Waals surface area contributed by atoms with E-state index in [9.17, 15) is 19.7 Å². The van der Waals surface area contributed by atoms with Crippen LogP contribution in [0.5, 0.6) is 0 Å². The van der Waals surface area contributed by atoms with Crippen molar-refractivity contribution in [1.82, 2.24) is 14.5 Å². The average Bonchev–Trinajstić information content (AvgIpc) is 2.76.